The monoisotopic (exact) mass is 107 g/mol. The Labute approximate surface area is 39.2 Å². The van der Waals surface area contributed by atoms with E-state index >= 15 is 0 Å². The summed E-state index contributed by atoms with van der Waals surface area (Å²) >= 11 is 0. The zero-order valence-electron chi connectivity index (χ0n) is 3.33. The van der Waals surface area contributed by atoms with E-state index in [0.29, 0.717) is 6.21 Å². The Balaban J connectivity index is 0. The van der Waals surface area contributed by atoms with Crippen LogP contribution in [0.3, 0.4) is 0 Å². The minimum Gasteiger partial charge on any atom is -0.477 e. The highest BCUT2D eigenvalue weighted by Crippen LogP contribution is 1.50. The lowest BCUT2D eigenvalue weighted by molar-refractivity contribution is -0.128. The van der Waals surface area contributed by atoms with Crippen LogP contribution in [0.2, 0.25) is 0 Å². The number of hydrogen-bond acceptors (Lipinski definition) is 3. The number of carbonyl (C=O) groups is 1. The predicted octanol–water partition coefficient (Wildman–Crippen LogP) is -1.29. The van der Waals surface area contributed by atoms with E-state index in [2.05, 4.69) is 5.16 Å². The molecule has 0 aromatic carbocycles. The second-order valence-corrected chi connectivity index (χ2v) is 0.583. The number of carboxylic acids is 1. The molecule has 5 nitrogen and oxygen atoms in total. The summed E-state index contributed by atoms with van der Waals surface area (Å²) in [5.41, 5.74) is 0. The Morgan fingerprint density at radius 1 is 1.71 bits per heavy atom. The van der Waals surface area contributed by atoms with Crippen LogP contribution in [0.15, 0.2) is 5.16 Å². The van der Waals surface area contributed by atoms with E-state index in [-0.39, 0.29) is 5.48 Å². The second kappa shape index (κ2) is 4.90. The maximum atomic E-state index is 9.29. The van der Waals surface area contributed by atoms with Gasteiger partial charge in [-0.1, -0.05) is 5.16 Å². The predicted molar refractivity (Wildman–Crippen MR) is 21.5 cm³/mol. The average molecular weight is 107 g/mol. The molecule has 7 heavy (non-hydrogen) atoms. The van der Waals surface area contributed by atoms with Gasteiger partial charge in [0.2, 0.25) is 0 Å². The van der Waals surface area contributed by atoms with Crippen molar-refractivity contribution in [3.63, 3.8) is 0 Å². The Kier molecular flexibility index (Phi) is 6.52. The summed E-state index contributed by atoms with van der Waals surface area (Å²) in [4.78, 5) is 9.29. The summed E-state index contributed by atoms with van der Waals surface area (Å²) < 4.78 is 0. The third-order valence-electron chi connectivity index (χ3n) is 0.168. The maximum Gasteiger partial charge on any atom is 0.350 e. The Morgan fingerprint density at radius 3 is 2.14 bits per heavy atom. The highest BCUT2D eigenvalue weighted by molar-refractivity contribution is 6.21. The molecule has 4 N–H and O–H groups in total. The first-order chi connectivity index (χ1) is 2.77. The fourth-order valence-corrected chi connectivity index (χ4v) is 0.0494. The summed E-state index contributed by atoms with van der Waals surface area (Å²) in [5, 5.41) is 17.2. The van der Waals surface area contributed by atoms with Crippen LogP contribution < -0.4 is 0 Å². The van der Waals surface area contributed by atoms with Crippen LogP contribution in [0.5, 0.6) is 0 Å². The van der Waals surface area contributed by atoms with Gasteiger partial charge in [-0.25, -0.2) is 4.79 Å². The fraction of sp³-hybridized carbons (Fsp3) is 0. The van der Waals surface area contributed by atoms with Crippen molar-refractivity contribution in [3.8, 4) is 0 Å². The van der Waals surface area contributed by atoms with Crippen LogP contribution in [0.4, 0.5) is 0 Å². The molecule has 0 aliphatic carbocycles. The van der Waals surface area contributed by atoms with E-state index in [1.54, 1.807) is 0 Å². The van der Waals surface area contributed by atoms with Crippen molar-refractivity contribution in [2.45, 2.75) is 0 Å². The zero-order valence-corrected chi connectivity index (χ0v) is 3.33. The number of carboxylic acid groups (broad SMARTS) is 1. The normalized spacial score (nSPS) is 8.00. The fourth-order valence-electron chi connectivity index (χ4n) is 0.0494. The molecule has 0 aromatic heterocycles. The molecule has 0 amide bonds. The maximum absolute atomic E-state index is 9.29. The second-order valence-electron chi connectivity index (χ2n) is 0.583. The van der Waals surface area contributed by atoms with Gasteiger partial charge in [-0.3, -0.25) is 0 Å². The minimum atomic E-state index is -1.25. The standard InChI is InChI=1S/C2H3NO3.H2O/c4-2(5)1-3-6;/h1,6H,(H,4,5);1H2. The Morgan fingerprint density at radius 2 is 2.14 bits per heavy atom. The summed E-state index contributed by atoms with van der Waals surface area (Å²) in [6, 6.07) is 0. The van der Waals surface area contributed by atoms with Gasteiger partial charge in [0.25, 0.3) is 0 Å². The third kappa shape index (κ3) is 11.4. The highest BCUT2D eigenvalue weighted by Gasteiger charge is 1.80. The first-order valence-corrected chi connectivity index (χ1v) is 1.17. The molecule has 0 saturated heterocycles. The molecule has 0 saturated carbocycles. The van der Waals surface area contributed by atoms with Crippen molar-refractivity contribution in [1.82, 2.24) is 0 Å². The summed E-state index contributed by atoms with van der Waals surface area (Å²) in [7, 11) is 0. The van der Waals surface area contributed by atoms with Gasteiger partial charge < -0.3 is 15.8 Å². The zero-order chi connectivity index (χ0) is 4.99. The topological polar surface area (TPSA) is 101 Å². The van der Waals surface area contributed by atoms with Gasteiger partial charge in [0, 0.05) is 0 Å². The highest BCUT2D eigenvalue weighted by atomic mass is 16.4. The number of oxime groups is 1. The van der Waals surface area contributed by atoms with Crippen LogP contribution in [-0.2, 0) is 4.79 Å². The summed E-state index contributed by atoms with van der Waals surface area (Å²) in [5.74, 6) is -1.25. The van der Waals surface area contributed by atoms with Crippen molar-refractivity contribution in [2.24, 2.45) is 5.16 Å². The van der Waals surface area contributed by atoms with E-state index in [1.807, 2.05) is 0 Å². The van der Waals surface area contributed by atoms with Gasteiger partial charge in [0.1, 0.15) is 0 Å². The Hall–Kier alpha value is -1.10. The van der Waals surface area contributed by atoms with E-state index in [0.717, 1.165) is 0 Å². The summed E-state index contributed by atoms with van der Waals surface area (Å²) in [6.07, 6.45) is 0.389. The molecule has 0 aliphatic rings. The molecule has 0 bridgehead atoms. The van der Waals surface area contributed by atoms with Gasteiger partial charge in [-0.2, -0.15) is 0 Å². The molecule has 0 rings (SSSR count). The van der Waals surface area contributed by atoms with Crippen LogP contribution >= 0.6 is 0 Å². The first kappa shape index (κ1) is 9.31. The summed E-state index contributed by atoms with van der Waals surface area (Å²) in [6.45, 7) is 0. The molecular weight excluding hydrogens is 102 g/mol. The van der Waals surface area contributed by atoms with Gasteiger partial charge in [-0.15, -0.1) is 0 Å². The molecule has 0 aliphatic heterocycles. The number of rotatable bonds is 1. The number of hydrogen-bond donors (Lipinski definition) is 2. The number of aliphatic carboxylic acids is 1. The lowest BCUT2D eigenvalue weighted by atomic mass is 10.8. The van der Waals surface area contributed by atoms with E-state index in [1.165, 1.54) is 0 Å². The minimum absolute atomic E-state index is 0. The molecule has 0 fully saturated rings. The average Bonchev–Trinajstić information content (AvgIpc) is 1.35. The van der Waals surface area contributed by atoms with Crippen LogP contribution in [0.1, 0.15) is 0 Å². The van der Waals surface area contributed by atoms with E-state index in [4.69, 9.17) is 10.3 Å². The van der Waals surface area contributed by atoms with Crippen LogP contribution in [0.25, 0.3) is 0 Å². The van der Waals surface area contributed by atoms with Crippen molar-refractivity contribution >= 4 is 12.2 Å². The van der Waals surface area contributed by atoms with Crippen molar-refractivity contribution < 1.29 is 20.6 Å². The van der Waals surface area contributed by atoms with Gasteiger partial charge in [0.05, 0.1) is 0 Å². The smallest absolute Gasteiger partial charge is 0.350 e. The molecule has 5 heteroatoms. The van der Waals surface area contributed by atoms with Crippen LogP contribution in [-0.4, -0.2) is 28.0 Å². The SMILES string of the molecule is O.O=C(O)C=NO. The molecule has 0 unspecified atom stereocenters. The molecule has 0 atom stereocenters. The van der Waals surface area contributed by atoms with Crippen LogP contribution in [0, 0.1) is 0 Å². The van der Waals surface area contributed by atoms with Gasteiger partial charge in [-0.05, 0) is 0 Å². The number of nitrogens with zero attached hydrogens (tertiary/aromatic N) is 1. The largest absolute Gasteiger partial charge is 0.477 e. The molecule has 0 heterocycles. The third-order valence-corrected chi connectivity index (χ3v) is 0.168. The van der Waals surface area contributed by atoms with Gasteiger partial charge >= 0.3 is 5.97 Å². The molecule has 0 aromatic rings. The lowest BCUT2D eigenvalue weighted by Gasteiger charge is -1.67. The molecule has 42 valence electrons. The Bertz CT molecular complexity index is 77.8. The first-order valence-electron chi connectivity index (χ1n) is 1.17. The molecular formula is C2H5NO4. The van der Waals surface area contributed by atoms with E-state index < -0.39 is 5.97 Å². The van der Waals surface area contributed by atoms with Crippen molar-refractivity contribution in [2.75, 3.05) is 0 Å². The molecule has 0 spiro atoms. The van der Waals surface area contributed by atoms with Gasteiger partial charge in [0.15, 0.2) is 6.21 Å². The molecule has 0 radical (unpaired) electrons. The lowest BCUT2D eigenvalue weighted by Crippen LogP contribution is -1.93. The quantitative estimate of drug-likeness (QED) is 0.247. The van der Waals surface area contributed by atoms with Crippen molar-refractivity contribution in [3.05, 3.63) is 0 Å². The van der Waals surface area contributed by atoms with E-state index in [9.17, 15) is 4.79 Å². The van der Waals surface area contributed by atoms with Crippen molar-refractivity contribution in [1.29, 1.82) is 0 Å².